The van der Waals surface area contributed by atoms with Gasteiger partial charge in [-0.2, -0.15) is 5.10 Å². The van der Waals surface area contributed by atoms with E-state index in [-0.39, 0.29) is 24.3 Å². The number of hydrogen-bond donors (Lipinski definition) is 0. The first-order valence-corrected chi connectivity index (χ1v) is 9.83. The van der Waals surface area contributed by atoms with Crippen LogP contribution in [-0.4, -0.2) is 34.5 Å². The van der Waals surface area contributed by atoms with E-state index in [1.165, 1.54) is 5.01 Å². The molecule has 1 atom stereocenters. The maximum Gasteiger partial charge on any atom is 0.270 e. The quantitative estimate of drug-likeness (QED) is 0.656. The molecular formula is C24H22N4O2. The van der Waals surface area contributed by atoms with E-state index in [1.54, 1.807) is 30.3 Å². The van der Waals surface area contributed by atoms with Crippen molar-refractivity contribution >= 4 is 23.2 Å². The number of rotatable bonds is 5. The van der Waals surface area contributed by atoms with E-state index in [9.17, 15) is 9.59 Å². The Bertz CT molecular complexity index is 1010. The zero-order valence-electron chi connectivity index (χ0n) is 16.7. The monoisotopic (exact) mass is 398 g/mol. The second-order valence-corrected chi connectivity index (χ2v) is 7.07. The molecule has 150 valence electrons. The molecular weight excluding hydrogens is 376 g/mol. The van der Waals surface area contributed by atoms with Gasteiger partial charge in [0, 0.05) is 26.1 Å². The highest BCUT2D eigenvalue weighted by atomic mass is 16.2. The summed E-state index contributed by atoms with van der Waals surface area (Å²) in [6, 6.07) is 24.2. The summed E-state index contributed by atoms with van der Waals surface area (Å²) in [6.07, 6.45) is 2.28. The first kappa shape index (κ1) is 19.5. The summed E-state index contributed by atoms with van der Waals surface area (Å²) in [6.45, 7) is 0. The number of nitrogens with zero attached hydrogens (tertiary/aromatic N) is 4. The Morgan fingerprint density at radius 2 is 1.60 bits per heavy atom. The largest absolute Gasteiger partial charge is 0.328 e. The molecule has 6 heteroatoms. The van der Waals surface area contributed by atoms with E-state index in [0.29, 0.717) is 17.8 Å². The second-order valence-electron chi connectivity index (χ2n) is 7.07. The maximum atomic E-state index is 13.4. The number of carbonyl (C=O) groups excluding carboxylic acids is 2. The van der Waals surface area contributed by atoms with Crippen molar-refractivity contribution in [3.05, 3.63) is 96.3 Å². The minimum absolute atomic E-state index is 0.121. The molecule has 6 nitrogen and oxygen atoms in total. The second kappa shape index (κ2) is 8.69. The SMILES string of the molecule is CN(C(=O)C1=NN(c2ccccc2)C(=O)CC1)C(c1ccccc1)c1ccccn1. The Labute approximate surface area is 175 Å². The number of para-hydroxylation sites is 1. The molecule has 2 heterocycles. The number of benzene rings is 2. The Kier molecular flexibility index (Phi) is 5.66. The number of carbonyl (C=O) groups is 2. The van der Waals surface area contributed by atoms with Gasteiger partial charge in [-0.05, 0) is 29.8 Å². The van der Waals surface area contributed by atoms with E-state index in [1.807, 2.05) is 66.7 Å². The first-order chi connectivity index (χ1) is 14.6. The highest BCUT2D eigenvalue weighted by Gasteiger charge is 2.31. The number of aromatic nitrogens is 1. The summed E-state index contributed by atoms with van der Waals surface area (Å²) in [5.74, 6) is -0.340. The first-order valence-electron chi connectivity index (χ1n) is 9.83. The molecule has 0 radical (unpaired) electrons. The van der Waals surface area contributed by atoms with Crippen LogP contribution in [0.2, 0.25) is 0 Å². The molecule has 2 amide bonds. The van der Waals surface area contributed by atoms with Crippen LogP contribution in [0, 0.1) is 0 Å². The van der Waals surface area contributed by atoms with Crippen molar-refractivity contribution in [2.45, 2.75) is 18.9 Å². The molecule has 0 saturated heterocycles. The Balaban J connectivity index is 1.67. The van der Waals surface area contributed by atoms with Gasteiger partial charge in [0.1, 0.15) is 5.71 Å². The normalized spacial score (nSPS) is 14.8. The maximum absolute atomic E-state index is 13.4. The van der Waals surface area contributed by atoms with Crippen LogP contribution in [0.15, 0.2) is 90.2 Å². The lowest BCUT2D eigenvalue weighted by atomic mass is 10.0. The Morgan fingerprint density at radius 1 is 0.933 bits per heavy atom. The molecule has 1 aliphatic heterocycles. The fourth-order valence-corrected chi connectivity index (χ4v) is 3.56. The fourth-order valence-electron chi connectivity index (χ4n) is 3.56. The predicted molar refractivity (Wildman–Crippen MR) is 116 cm³/mol. The highest BCUT2D eigenvalue weighted by Crippen LogP contribution is 2.27. The van der Waals surface area contributed by atoms with Crippen molar-refractivity contribution in [1.82, 2.24) is 9.88 Å². The molecule has 30 heavy (non-hydrogen) atoms. The molecule has 0 bridgehead atoms. The van der Waals surface area contributed by atoms with Gasteiger partial charge >= 0.3 is 0 Å². The van der Waals surface area contributed by atoms with Crippen molar-refractivity contribution in [1.29, 1.82) is 0 Å². The van der Waals surface area contributed by atoms with E-state index >= 15 is 0 Å². The summed E-state index contributed by atoms with van der Waals surface area (Å²) >= 11 is 0. The molecule has 0 fully saturated rings. The molecule has 2 aromatic carbocycles. The summed E-state index contributed by atoms with van der Waals surface area (Å²) in [7, 11) is 1.75. The van der Waals surface area contributed by atoms with Crippen LogP contribution >= 0.6 is 0 Å². The summed E-state index contributed by atoms with van der Waals surface area (Å²) in [4.78, 5) is 31.9. The van der Waals surface area contributed by atoms with E-state index in [4.69, 9.17) is 0 Å². The zero-order valence-corrected chi connectivity index (χ0v) is 16.7. The number of hydrogen-bond acceptors (Lipinski definition) is 4. The van der Waals surface area contributed by atoms with Crippen molar-refractivity contribution in [2.75, 3.05) is 12.1 Å². The minimum atomic E-state index is -0.356. The van der Waals surface area contributed by atoms with Gasteiger partial charge in [0.15, 0.2) is 0 Å². The highest BCUT2D eigenvalue weighted by molar-refractivity contribution is 6.40. The van der Waals surface area contributed by atoms with Crippen LogP contribution in [0.25, 0.3) is 0 Å². The summed E-state index contributed by atoms with van der Waals surface area (Å²) in [5.41, 5.74) is 2.74. The van der Waals surface area contributed by atoms with Crippen LogP contribution in [0.1, 0.15) is 30.1 Å². The third-order valence-corrected chi connectivity index (χ3v) is 5.07. The lowest BCUT2D eigenvalue weighted by Gasteiger charge is -2.30. The van der Waals surface area contributed by atoms with Crippen molar-refractivity contribution in [3.63, 3.8) is 0 Å². The minimum Gasteiger partial charge on any atom is -0.328 e. The predicted octanol–water partition coefficient (Wildman–Crippen LogP) is 3.81. The van der Waals surface area contributed by atoms with Gasteiger partial charge in [0.25, 0.3) is 5.91 Å². The van der Waals surface area contributed by atoms with E-state index in [2.05, 4.69) is 10.1 Å². The van der Waals surface area contributed by atoms with Gasteiger partial charge in [-0.15, -0.1) is 0 Å². The average molecular weight is 398 g/mol. The van der Waals surface area contributed by atoms with Crippen molar-refractivity contribution in [2.24, 2.45) is 5.10 Å². The van der Waals surface area contributed by atoms with Gasteiger partial charge in [-0.25, -0.2) is 5.01 Å². The lowest BCUT2D eigenvalue weighted by molar-refractivity contribution is -0.124. The summed E-state index contributed by atoms with van der Waals surface area (Å²) in [5, 5.41) is 5.73. The van der Waals surface area contributed by atoms with Gasteiger partial charge in [0.2, 0.25) is 5.91 Å². The van der Waals surface area contributed by atoms with E-state index in [0.717, 1.165) is 11.3 Å². The molecule has 0 spiro atoms. The fraction of sp³-hybridized carbons (Fsp3) is 0.167. The van der Waals surface area contributed by atoms with Gasteiger partial charge in [-0.1, -0.05) is 54.6 Å². The third kappa shape index (κ3) is 3.98. The van der Waals surface area contributed by atoms with Crippen LogP contribution in [0.5, 0.6) is 0 Å². The smallest absolute Gasteiger partial charge is 0.270 e. The number of amides is 2. The molecule has 0 N–H and O–H groups in total. The van der Waals surface area contributed by atoms with Crippen LogP contribution in [0.4, 0.5) is 5.69 Å². The molecule has 3 aromatic rings. The van der Waals surface area contributed by atoms with Gasteiger partial charge in [-0.3, -0.25) is 14.6 Å². The molecule has 4 rings (SSSR count). The number of pyridine rings is 1. The lowest BCUT2D eigenvalue weighted by Crippen LogP contribution is -2.41. The topological polar surface area (TPSA) is 65.9 Å². The van der Waals surface area contributed by atoms with Crippen molar-refractivity contribution < 1.29 is 9.59 Å². The molecule has 0 aliphatic carbocycles. The third-order valence-electron chi connectivity index (χ3n) is 5.07. The van der Waals surface area contributed by atoms with E-state index < -0.39 is 0 Å². The average Bonchev–Trinajstić information content (AvgIpc) is 2.81. The van der Waals surface area contributed by atoms with Crippen LogP contribution in [0.3, 0.4) is 0 Å². The van der Waals surface area contributed by atoms with Gasteiger partial charge in [0.05, 0.1) is 17.4 Å². The van der Waals surface area contributed by atoms with Gasteiger partial charge < -0.3 is 4.90 Å². The Hall–Kier alpha value is -3.80. The van der Waals surface area contributed by atoms with Crippen LogP contribution in [-0.2, 0) is 9.59 Å². The molecule has 1 aromatic heterocycles. The zero-order chi connectivity index (χ0) is 20.9. The molecule has 1 aliphatic rings. The van der Waals surface area contributed by atoms with Crippen molar-refractivity contribution in [3.8, 4) is 0 Å². The summed E-state index contributed by atoms with van der Waals surface area (Å²) < 4.78 is 0. The number of anilines is 1. The standard InChI is InChI=1S/C24H22N4O2/c1-27(23(18-10-4-2-5-11-18)20-14-8-9-17-25-20)24(30)21-15-16-22(29)28(26-21)19-12-6-3-7-13-19/h2-14,17,23H,15-16H2,1H3. The number of hydrazone groups is 1. The van der Waals surface area contributed by atoms with Crippen LogP contribution < -0.4 is 5.01 Å². The molecule has 0 saturated carbocycles. The Morgan fingerprint density at radius 3 is 2.27 bits per heavy atom. The molecule has 1 unspecified atom stereocenters.